The van der Waals surface area contributed by atoms with E-state index in [1.165, 1.54) is 29.2 Å². The standard InChI is InChI=1S/C29H32Cl3N3O4S/c1-5-20(3)33-29(37)21(4)34(17-25-26(31)10-7-11-27(25)32)28(36)18-35(23-9-6-8-19(2)16-23)40(38,39)24-14-12-22(30)13-15-24/h6-16,20-21H,5,17-18H2,1-4H3,(H,33,37). The van der Waals surface area contributed by atoms with Gasteiger partial charge in [-0.3, -0.25) is 13.9 Å². The molecule has 0 fully saturated rings. The highest BCUT2D eigenvalue weighted by atomic mass is 35.5. The van der Waals surface area contributed by atoms with Crippen LogP contribution in [0.5, 0.6) is 0 Å². The molecule has 2 unspecified atom stereocenters. The van der Waals surface area contributed by atoms with Gasteiger partial charge in [-0.05, 0) is 81.3 Å². The number of carbonyl (C=O) groups is 2. The highest BCUT2D eigenvalue weighted by Crippen LogP contribution is 2.29. The molecule has 3 aromatic carbocycles. The lowest BCUT2D eigenvalue weighted by Gasteiger charge is -2.33. The second-order valence-electron chi connectivity index (χ2n) is 9.52. The van der Waals surface area contributed by atoms with E-state index in [0.717, 1.165) is 9.87 Å². The summed E-state index contributed by atoms with van der Waals surface area (Å²) < 4.78 is 28.8. The van der Waals surface area contributed by atoms with Crippen molar-refractivity contribution >= 4 is 62.3 Å². The van der Waals surface area contributed by atoms with Crippen LogP contribution in [-0.4, -0.2) is 43.8 Å². The van der Waals surface area contributed by atoms with Crippen LogP contribution >= 0.6 is 34.8 Å². The molecule has 0 aliphatic heterocycles. The number of anilines is 1. The zero-order valence-corrected chi connectivity index (χ0v) is 25.8. The third-order valence-electron chi connectivity index (χ3n) is 6.53. The molecule has 0 radical (unpaired) electrons. The van der Waals surface area contributed by atoms with Gasteiger partial charge in [-0.2, -0.15) is 0 Å². The number of hydrogen-bond donors (Lipinski definition) is 1. The summed E-state index contributed by atoms with van der Waals surface area (Å²) in [6.45, 7) is 6.53. The van der Waals surface area contributed by atoms with E-state index in [1.807, 2.05) is 26.8 Å². The van der Waals surface area contributed by atoms with Crippen LogP contribution in [0.3, 0.4) is 0 Å². The number of aryl methyl sites for hydroxylation is 1. The smallest absolute Gasteiger partial charge is 0.264 e. The number of nitrogens with zero attached hydrogens (tertiary/aromatic N) is 2. The van der Waals surface area contributed by atoms with Gasteiger partial charge in [0.1, 0.15) is 12.6 Å². The fourth-order valence-corrected chi connectivity index (χ4v) is 6.00. The van der Waals surface area contributed by atoms with E-state index in [2.05, 4.69) is 5.32 Å². The summed E-state index contributed by atoms with van der Waals surface area (Å²) in [6.07, 6.45) is 0.698. The Balaban J connectivity index is 2.07. The largest absolute Gasteiger partial charge is 0.352 e. The first-order valence-electron chi connectivity index (χ1n) is 12.7. The fourth-order valence-electron chi connectivity index (χ4n) is 3.95. The van der Waals surface area contributed by atoms with Gasteiger partial charge >= 0.3 is 0 Å². The van der Waals surface area contributed by atoms with Crippen LogP contribution < -0.4 is 9.62 Å². The van der Waals surface area contributed by atoms with Crippen molar-refractivity contribution in [1.82, 2.24) is 10.2 Å². The Labute approximate surface area is 251 Å². The number of nitrogens with one attached hydrogen (secondary N) is 1. The van der Waals surface area contributed by atoms with Gasteiger partial charge < -0.3 is 10.2 Å². The van der Waals surface area contributed by atoms with Crippen molar-refractivity contribution in [3.05, 3.63) is 92.9 Å². The molecule has 7 nitrogen and oxygen atoms in total. The Bertz CT molecular complexity index is 1450. The molecular weight excluding hydrogens is 593 g/mol. The average molecular weight is 625 g/mol. The molecular formula is C29H32Cl3N3O4S. The van der Waals surface area contributed by atoms with Gasteiger partial charge in [0.2, 0.25) is 11.8 Å². The van der Waals surface area contributed by atoms with E-state index in [1.54, 1.807) is 43.3 Å². The zero-order valence-electron chi connectivity index (χ0n) is 22.7. The fraction of sp³-hybridized carbons (Fsp3) is 0.310. The lowest BCUT2D eigenvalue weighted by atomic mass is 10.1. The number of sulfonamides is 1. The van der Waals surface area contributed by atoms with Crippen LogP contribution in [0.4, 0.5) is 5.69 Å². The van der Waals surface area contributed by atoms with Crippen molar-refractivity contribution in [2.24, 2.45) is 0 Å². The first-order chi connectivity index (χ1) is 18.8. The minimum atomic E-state index is -4.20. The molecule has 3 aromatic rings. The molecule has 2 atom stereocenters. The molecule has 214 valence electrons. The van der Waals surface area contributed by atoms with Gasteiger partial charge in [-0.25, -0.2) is 8.42 Å². The number of rotatable bonds is 11. The zero-order chi connectivity index (χ0) is 29.6. The predicted molar refractivity (Wildman–Crippen MR) is 162 cm³/mol. The Morgan fingerprint density at radius 1 is 0.925 bits per heavy atom. The summed E-state index contributed by atoms with van der Waals surface area (Å²) in [5, 5.41) is 3.91. The summed E-state index contributed by atoms with van der Waals surface area (Å²) in [5.41, 5.74) is 1.56. The summed E-state index contributed by atoms with van der Waals surface area (Å²) in [7, 11) is -4.20. The normalized spacial score (nSPS) is 12.9. The minimum absolute atomic E-state index is 0.0329. The second-order valence-corrected chi connectivity index (χ2v) is 12.6. The van der Waals surface area contributed by atoms with Crippen molar-refractivity contribution in [1.29, 1.82) is 0 Å². The van der Waals surface area contributed by atoms with Gasteiger partial charge in [0.15, 0.2) is 0 Å². The molecule has 1 N–H and O–H groups in total. The molecule has 0 aliphatic rings. The molecule has 0 aromatic heterocycles. The maximum Gasteiger partial charge on any atom is 0.264 e. The number of halogens is 3. The Morgan fingerprint density at radius 2 is 1.52 bits per heavy atom. The van der Waals surface area contributed by atoms with Crippen molar-refractivity contribution in [3.8, 4) is 0 Å². The number of amides is 2. The predicted octanol–water partition coefficient (Wildman–Crippen LogP) is 6.48. The Hall–Kier alpha value is -2.78. The van der Waals surface area contributed by atoms with Crippen LogP contribution in [0.15, 0.2) is 71.6 Å². The van der Waals surface area contributed by atoms with Gasteiger partial charge in [0, 0.05) is 33.2 Å². The van der Waals surface area contributed by atoms with Crippen LogP contribution in [0.2, 0.25) is 15.1 Å². The monoisotopic (exact) mass is 623 g/mol. The van der Waals surface area contributed by atoms with E-state index in [9.17, 15) is 18.0 Å². The van der Waals surface area contributed by atoms with Crippen molar-refractivity contribution in [2.75, 3.05) is 10.8 Å². The summed E-state index contributed by atoms with van der Waals surface area (Å²) in [4.78, 5) is 28.4. The molecule has 0 saturated heterocycles. The van der Waals surface area contributed by atoms with E-state index in [-0.39, 0.29) is 23.4 Å². The molecule has 0 aliphatic carbocycles. The highest BCUT2D eigenvalue weighted by Gasteiger charge is 2.33. The van der Waals surface area contributed by atoms with Crippen LogP contribution in [0.1, 0.15) is 38.3 Å². The molecule has 0 saturated carbocycles. The van der Waals surface area contributed by atoms with Gasteiger partial charge in [-0.15, -0.1) is 0 Å². The SMILES string of the molecule is CCC(C)NC(=O)C(C)N(Cc1c(Cl)cccc1Cl)C(=O)CN(c1cccc(C)c1)S(=O)(=O)c1ccc(Cl)cc1. The van der Waals surface area contributed by atoms with Crippen molar-refractivity contribution in [2.45, 2.75) is 57.6 Å². The van der Waals surface area contributed by atoms with Crippen LogP contribution in [0.25, 0.3) is 0 Å². The molecule has 0 spiro atoms. The lowest BCUT2D eigenvalue weighted by Crippen LogP contribution is -2.52. The topological polar surface area (TPSA) is 86.8 Å². The average Bonchev–Trinajstić information content (AvgIpc) is 2.91. The quantitative estimate of drug-likeness (QED) is 0.265. The van der Waals surface area contributed by atoms with Gasteiger partial charge in [-0.1, -0.05) is 59.9 Å². The number of benzene rings is 3. The summed E-state index contributed by atoms with van der Waals surface area (Å²) >= 11 is 18.8. The third-order valence-corrected chi connectivity index (χ3v) is 9.28. The van der Waals surface area contributed by atoms with Crippen LogP contribution in [0, 0.1) is 6.92 Å². The lowest BCUT2D eigenvalue weighted by molar-refractivity contribution is -0.139. The van der Waals surface area contributed by atoms with Crippen molar-refractivity contribution in [3.63, 3.8) is 0 Å². The number of hydrogen-bond acceptors (Lipinski definition) is 4. The van der Waals surface area contributed by atoms with E-state index < -0.39 is 28.5 Å². The number of carbonyl (C=O) groups excluding carboxylic acids is 2. The van der Waals surface area contributed by atoms with E-state index in [0.29, 0.717) is 32.7 Å². The maximum absolute atomic E-state index is 14.0. The third kappa shape index (κ3) is 7.69. The Kier molecular flexibility index (Phi) is 10.9. The maximum atomic E-state index is 14.0. The highest BCUT2D eigenvalue weighted by molar-refractivity contribution is 7.92. The Morgan fingerprint density at radius 3 is 2.10 bits per heavy atom. The minimum Gasteiger partial charge on any atom is -0.352 e. The van der Waals surface area contributed by atoms with E-state index >= 15 is 0 Å². The molecule has 40 heavy (non-hydrogen) atoms. The van der Waals surface area contributed by atoms with Crippen LogP contribution in [-0.2, 0) is 26.2 Å². The van der Waals surface area contributed by atoms with Gasteiger partial charge in [0.05, 0.1) is 10.6 Å². The molecule has 11 heteroatoms. The van der Waals surface area contributed by atoms with E-state index in [4.69, 9.17) is 34.8 Å². The molecule has 2 amide bonds. The summed E-state index contributed by atoms with van der Waals surface area (Å²) in [6, 6.07) is 16.4. The second kappa shape index (κ2) is 13.7. The van der Waals surface area contributed by atoms with Crippen molar-refractivity contribution < 1.29 is 18.0 Å². The molecule has 3 rings (SSSR count). The summed E-state index contributed by atoms with van der Waals surface area (Å²) in [5.74, 6) is -0.990. The molecule has 0 heterocycles. The first kappa shape index (κ1) is 31.7. The first-order valence-corrected chi connectivity index (χ1v) is 15.3. The van der Waals surface area contributed by atoms with Gasteiger partial charge in [0.25, 0.3) is 10.0 Å². The molecule has 0 bridgehead atoms.